The predicted molar refractivity (Wildman–Crippen MR) is 76.1 cm³/mol. The standard InChI is InChI=1S/C14H12N6O/c21-13(16-12-8-4-5-9-15-12)10-20-18-14(17-19-20)11-6-2-1-3-7-11/h1-9H,10H2,(H,15,16,21). The van der Waals surface area contributed by atoms with E-state index in [1.54, 1.807) is 24.4 Å². The minimum atomic E-state index is -0.259. The van der Waals surface area contributed by atoms with Crippen molar-refractivity contribution in [2.45, 2.75) is 6.54 Å². The maximum Gasteiger partial charge on any atom is 0.249 e. The fraction of sp³-hybridized carbons (Fsp3) is 0.0714. The number of nitrogens with zero attached hydrogens (tertiary/aromatic N) is 5. The monoisotopic (exact) mass is 280 g/mol. The van der Waals surface area contributed by atoms with Gasteiger partial charge in [-0.3, -0.25) is 4.79 Å². The molecule has 3 aromatic rings. The van der Waals surface area contributed by atoms with Gasteiger partial charge < -0.3 is 5.32 Å². The average Bonchev–Trinajstić information content (AvgIpc) is 2.97. The van der Waals surface area contributed by atoms with Gasteiger partial charge in [0.15, 0.2) is 0 Å². The summed E-state index contributed by atoms with van der Waals surface area (Å²) < 4.78 is 0. The Morgan fingerprint density at radius 1 is 1.10 bits per heavy atom. The van der Waals surface area contributed by atoms with E-state index in [2.05, 4.69) is 25.7 Å². The number of hydrogen-bond acceptors (Lipinski definition) is 5. The lowest BCUT2D eigenvalue weighted by Gasteiger charge is -2.02. The van der Waals surface area contributed by atoms with Gasteiger partial charge in [-0.25, -0.2) is 4.98 Å². The Bertz CT molecular complexity index is 725. The maximum atomic E-state index is 11.8. The third kappa shape index (κ3) is 3.27. The molecule has 0 fully saturated rings. The smallest absolute Gasteiger partial charge is 0.249 e. The van der Waals surface area contributed by atoms with E-state index in [-0.39, 0.29) is 12.5 Å². The van der Waals surface area contributed by atoms with E-state index < -0.39 is 0 Å². The summed E-state index contributed by atoms with van der Waals surface area (Å²) in [5.41, 5.74) is 0.855. The molecule has 3 rings (SSSR count). The van der Waals surface area contributed by atoms with E-state index in [4.69, 9.17) is 0 Å². The molecule has 0 aliphatic heterocycles. The summed E-state index contributed by atoms with van der Waals surface area (Å²) >= 11 is 0. The van der Waals surface area contributed by atoms with Crippen molar-refractivity contribution in [2.24, 2.45) is 0 Å². The van der Waals surface area contributed by atoms with Crippen LogP contribution in [0.15, 0.2) is 54.7 Å². The zero-order valence-electron chi connectivity index (χ0n) is 11.0. The molecule has 104 valence electrons. The number of tetrazole rings is 1. The molecule has 0 atom stereocenters. The van der Waals surface area contributed by atoms with Gasteiger partial charge in [-0.05, 0) is 17.3 Å². The van der Waals surface area contributed by atoms with Crippen LogP contribution in [-0.4, -0.2) is 31.1 Å². The first kappa shape index (κ1) is 12.9. The van der Waals surface area contributed by atoms with Gasteiger partial charge in [0, 0.05) is 11.8 Å². The molecule has 0 unspecified atom stereocenters. The molecule has 1 aromatic carbocycles. The quantitative estimate of drug-likeness (QED) is 0.780. The van der Waals surface area contributed by atoms with Gasteiger partial charge in [-0.1, -0.05) is 36.4 Å². The second kappa shape index (κ2) is 5.91. The summed E-state index contributed by atoms with van der Waals surface area (Å²) in [7, 11) is 0. The van der Waals surface area contributed by atoms with Crippen LogP contribution >= 0.6 is 0 Å². The molecular weight excluding hydrogens is 268 g/mol. The molecule has 0 saturated heterocycles. The summed E-state index contributed by atoms with van der Waals surface area (Å²) in [6.45, 7) is -0.0175. The Morgan fingerprint density at radius 3 is 2.67 bits per heavy atom. The molecule has 0 saturated carbocycles. The first-order chi connectivity index (χ1) is 10.3. The van der Waals surface area contributed by atoms with Crippen molar-refractivity contribution in [3.8, 4) is 11.4 Å². The second-order valence-corrected chi connectivity index (χ2v) is 4.27. The van der Waals surface area contributed by atoms with Crippen molar-refractivity contribution >= 4 is 11.7 Å². The Hall–Kier alpha value is -3.09. The number of carbonyl (C=O) groups excluding carboxylic acids is 1. The van der Waals surface area contributed by atoms with Crippen LogP contribution in [0.5, 0.6) is 0 Å². The molecule has 0 aliphatic carbocycles. The molecule has 0 bridgehead atoms. The van der Waals surface area contributed by atoms with Crippen LogP contribution in [0, 0.1) is 0 Å². The zero-order valence-corrected chi connectivity index (χ0v) is 11.0. The van der Waals surface area contributed by atoms with Crippen molar-refractivity contribution in [1.82, 2.24) is 25.2 Å². The van der Waals surface area contributed by atoms with Gasteiger partial charge in [0.25, 0.3) is 0 Å². The van der Waals surface area contributed by atoms with Crippen molar-refractivity contribution < 1.29 is 4.79 Å². The Kier molecular flexibility index (Phi) is 3.64. The number of anilines is 1. The van der Waals surface area contributed by atoms with Gasteiger partial charge >= 0.3 is 0 Å². The number of carbonyl (C=O) groups is 1. The fourth-order valence-electron chi connectivity index (χ4n) is 1.76. The fourth-order valence-corrected chi connectivity index (χ4v) is 1.76. The molecule has 2 heterocycles. The Balaban J connectivity index is 1.66. The summed E-state index contributed by atoms with van der Waals surface area (Å²) in [6.07, 6.45) is 1.61. The van der Waals surface area contributed by atoms with Crippen molar-refractivity contribution in [1.29, 1.82) is 0 Å². The summed E-state index contributed by atoms with van der Waals surface area (Å²) in [5.74, 6) is 0.720. The van der Waals surface area contributed by atoms with E-state index in [9.17, 15) is 4.79 Å². The highest BCUT2D eigenvalue weighted by Gasteiger charge is 2.09. The highest BCUT2D eigenvalue weighted by atomic mass is 16.2. The molecule has 21 heavy (non-hydrogen) atoms. The van der Waals surface area contributed by atoms with Crippen LogP contribution in [-0.2, 0) is 11.3 Å². The van der Waals surface area contributed by atoms with E-state index in [0.29, 0.717) is 11.6 Å². The number of pyridine rings is 1. The molecule has 2 aromatic heterocycles. The lowest BCUT2D eigenvalue weighted by atomic mass is 10.2. The molecule has 7 nitrogen and oxygen atoms in total. The number of amides is 1. The van der Waals surface area contributed by atoms with E-state index in [0.717, 1.165) is 5.56 Å². The predicted octanol–water partition coefficient (Wildman–Crippen LogP) is 1.37. The Labute approximate surface area is 120 Å². The molecular formula is C14H12N6O. The topological polar surface area (TPSA) is 85.6 Å². The lowest BCUT2D eigenvalue weighted by molar-refractivity contribution is -0.117. The first-order valence-corrected chi connectivity index (χ1v) is 6.35. The van der Waals surface area contributed by atoms with Crippen LogP contribution in [0.2, 0.25) is 0 Å². The third-order valence-electron chi connectivity index (χ3n) is 2.70. The number of hydrogen-bond donors (Lipinski definition) is 1. The van der Waals surface area contributed by atoms with Crippen LogP contribution < -0.4 is 5.32 Å². The largest absolute Gasteiger partial charge is 0.309 e. The summed E-state index contributed by atoms with van der Waals surface area (Å²) in [4.78, 5) is 17.1. The summed E-state index contributed by atoms with van der Waals surface area (Å²) in [5, 5.41) is 14.6. The minimum Gasteiger partial charge on any atom is -0.309 e. The van der Waals surface area contributed by atoms with Crippen molar-refractivity contribution in [2.75, 3.05) is 5.32 Å². The lowest BCUT2D eigenvalue weighted by Crippen LogP contribution is -2.20. The van der Waals surface area contributed by atoms with Gasteiger partial charge in [0.05, 0.1) is 0 Å². The SMILES string of the molecule is O=C(Cn1nnc(-c2ccccc2)n1)Nc1ccccn1. The minimum absolute atomic E-state index is 0.0175. The van der Waals surface area contributed by atoms with Gasteiger partial charge in [-0.2, -0.15) is 4.80 Å². The zero-order chi connectivity index (χ0) is 14.5. The number of nitrogens with one attached hydrogen (secondary N) is 1. The molecule has 1 amide bonds. The van der Waals surface area contributed by atoms with Crippen LogP contribution in [0.25, 0.3) is 11.4 Å². The molecule has 7 heteroatoms. The average molecular weight is 280 g/mol. The second-order valence-electron chi connectivity index (χ2n) is 4.27. The van der Waals surface area contributed by atoms with Crippen LogP contribution in [0.1, 0.15) is 0 Å². The summed E-state index contributed by atoms with van der Waals surface area (Å²) in [6, 6.07) is 14.7. The Morgan fingerprint density at radius 2 is 1.90 bits per heavy atom. The van der Waals surface area contributed by atoms with Gasteiger partial charge in [0.1, 0.15) is 12.4 Å². The third-order valence-corrected chi connectivity index (χ3v) is 2.70. The number of benzene rings is 1. The van der Waals surface area contributed by atoms with Crippen molar-refractivity contribution in [3.05, 3.63) is 54.7 Å². The molecule has 0 spiro atoms. The van der Waals surface area contributed by atoms with Crippen LogP contribution in [0.3, 0.4) is 0 Å². The molecule has 0 aliphatic rings. The first-order valence-electron chi connectivity index (χ1n) is 6.35. The van der Waals surface area contributed by atoms with Crippen molar-refractivity contribution in [3.63, 3.8) is 0 Å². The van der Waals surface area contributed by atoms with E-state index in [1.165, 1.54) is 4.80 Å². The highest BCUT2D eigenvalue weighted by molar-refractivity contribution is 5.89. The molecule has 1 N–H and O–H groups in total. The number of aromatic nitrogens is 5. The van der Waals surface area contributed by atoms with E-state index in [1.807, 2.05) is 30.3 Å². The van der Waals surface area contributed by atoms with Gasteiger partial charge in [0.2, 0.25) is 11.7 Å². The van der Waals surface area contributed by atoms with Crippen LogP contribution in [0.4, 0.5) is 5.82 Å². The highest BCUT2D eigenvalue weighted by Crippen LogP contribution is 2.11. The normalized spacial score (nSPS) is 10.3. The van der Waals surface area contributed by atoms with Gasteiger partial charge in [-0.15, -0.1) is 10.2 Å². The number of rotatable bonds is 4. The maximum absolute atomic E-state index is 11.8. The molecule has 0 radical (unpaired) electrons. The van der Waals surface area contributed by atoms with E-state index >= 15 is 0 Å².